The molecule has 86 valence electrons. The number of hydrogen-bond donors (Lipinski definition) is 1. The zero-order chi connectivity index (χ0) is 11.7. The second kappa shape index (κ2) is 4.89. The second-order valence-corrected chi connectivity index (χ2v) is 5.08. The maximum absolute atomic E-state index is 11.8. The topological polar surface area (TPSA) is 46.1 Å². The van der Waals surface area contributed by atoms with Gasteiger partial charge in [-0.1, -0.05) is 11.6 Å². The first kappa shape index (κ1) is 12.1. The van der Waals surface area contributed by atoms with Crippen LogP contribution in [0.2, 0.25) is 5.15 Å². The SMILES string of the molecule is O=C1CC(CS)CN1c1ncnc(Cl)c1Br. The Morgan fingerprint density at radius 1 is 1.62 bits per heavy atom. The predicted molar refractivity (Wildman–Crippen MR) is 69.1 cm³/mol. The maximum Gasteiger partial charge on any atom is 0.228 e. The van der Waals surface area contributed by atoms with Gasteiger partial charge in [0, 0.05) is 13.0 Å². The van der Waals surface area contributed by atoms with Crippen LogP contribution >= 0.6 is 40.2 Å². The van der Waals surface area contributed by atoms with E-state index >= 15 is 0 Å². The molecule has 0 radical (unpaired) electrons. The Morgan fingerprint density at radius 2 is 2.38 bits per heavy atom. The van der Waals surface area contributed by atoms with Gasteiger partial charge in [0.25, 0.3) is 0 Å². The summed E-state index contributed by atoms with van der Waals surface area (Å²) in [5.41, 5.74) is 0. The number of carbonyl (C=O) groups is 1. The maximum atomic E-state index is 11.8. The van der Waals surface area contributed by atoms with Crippen LogP contribution in [0.1, 0.15) is 6.42 Å². The van der Waals surface area contributed by atoms with Crippen LogP contribution in [0, 0.1) is 5.92 Å². The fourth-order valence-electron chi connectivity index (χ4n) is 1.64. The van der Waals surface area contributed by atoms with Crippen LogP contribution in [0.4, 0.5) is 5.82 Å². The van der Waals surface area contributed by atoms with Crippen LogP contribution < -0.4 is 4.90 Å². The van der Waals surface area contributed by atoms with Crippen molar-refractivity contribution in [2.45, 2.75) is 6.42 Å². The molecule has 16 heavy (non-hydrogen) atoms. The molecule has 1 aliphatic rings. The van der Waals surface area contributed by atoms with E-state index < -0.39 is 0 Å². The molecule has 1 saturated heterocycles. The Morgan fingerprint density at radius 3 is 3.00 bits per heavy atom. The molecule has 1 aromatic heterocycles. The summed E-state index contributed by atoms with van der Waals surface area (Å²) < 4.78 is 0.560. The number of carbonyl (C=O) groups excluding carboxylic acids is 1. The molecule has 7 heteroatoms. The van der Waals surface area contributed by atoms with Crippen molar-refractivity contribution in [2.24, 2.45) is 5.92 Å². The molecular weight excluding hydrogens is 314 g/mol. The standard InChI is InChI=1S/C9H9BrClN3OS/c10-7-8(11)12-4-13-9(7)14-2-5(3-16)1-6(14)15/h4-5,16H,1-3H2. The third-order valence-electron chi connectivity index (χ3n) is 2.45. The van der Waals surface area contributed by atoms with Gasteiger partial charge in [-0.25, -0.2) is 9.97 Å². The molecule has 1 amide bonds. The number of amides is 1. The molecule has 2 rings (SSSR count). The Balaban J connectivity index is 2.31. The minimum Gasteiger partial charge on any atom is -0.295 e. The van der Waals surface area contributed by atoms with E-state index in [0.717, 1.165) is 0 Å². The van der Waals surface area contributed by atoms with Crippen molar-refractivity contribution < 1.29 is 4.79 Å². The van der Waals surface area contributed by atoms with Crippen molar-refractivity contribution in [2.75, 3.05) is 17.2 Å². The molecule has 4 nitrogen and oxygen atoms in total. The van der Waals surface area contributed by atoms with E-state index in [1.807, 2.05) is 0 Å². The minimum atomic E-state index is 0.0505. The van der Waals surface area contributed by atoms with Gasteiger partial charge < -0.3 is 0 Å². The molecular formula is C9H9BrClN3OS. The molecule has 1 fully saturated rings. The lowest BCUT2D eigenvalue weighted by Gasteiger charge is -2.16. The summed E-state index contributed by atoms with van der Waals surface area (Å²) in [6.45, 7) is 0.633. The third kappa shape index (κ3) is 2.19. The van der Waals surface area contributed by atoms with Crippen molar-refractivity contribution >= 4 is 51.9 Å². The van der Waals surface area contributed by atoms with Crippen molar-refractivity contribution in [3.05, 3.63) is 16.0 Å². The zero-order valence-corrected chi connectivity index (χ0v) is 11.5. The summed E-state index contributed by atoms with van der Waals surface area (Å²) in [6, 6.07) is 0. The summed E-state index contributed by atoms with van der Waals surface area (Å²) in [7, 11) is 0. The molecule has 1 aliphatic heterocycles. The van der Waals surface area contributed by atoms with E-state index in [4.69, 9.17) is 11.6 Å². The van der Waals surface area contributed by atoms with E-state index in [1.54, 1.807) is 4.90 Å². The monoisotopic (exact) mass is 321 g/mol. The van der Waals surface area contributed by atoms with Crippen molar-refractivity contribution in [1.82, 2.24) is 9.97 Å². The van der Waals surface area contributed by atoms with Crippen LogP contribution in [0.15, 0.2) is 10.8 Å². The van der Waals surface area contributed by atoms with Crippen LogP contribution in [0.5, 0.6) is 0 Å². The van der Waals surface area contributed by atoms with E-state index in [2.05, 4.69) is 38.5 Å². The van der Waals surface area contributed by atoms with Gasteiger partial charge in [0.1, 0.15) is 11.5 Å². The molecule has 2 heterocycles. The number of rotatable bonds is 2. The first-order chi connectivity index (χ1) is 7.63. The van der Waals surface area contributed by atoms with Gasteiger partial charge in [-0.3, -0.25) is 9.69 Å². The van der Waals surface area contributed by atoms with Gasteiger partial charge in [-0.15, -0.1) is 0 Å². The highest BCUT2D eigenvalue weighted by atomic mass is 79.9. The van der Waals surface area contributed by atoms with Gasteiger partial charge >= 0.3 is 0 Å². The molecule has 0 N–H and O–H groups in total. The lowest BCUT2D eigenvalue weighted by atomic mass is 10.1. The smallest absolute Gasteiger partial charge is 0.228 e. The van der Waals surface area contributed by atoms with Gasteiger partial charge in [-0.05, 0) is 27.6 Å². The molecule has 0 aliphatic carbocycles. The van der Waals surface area contributed by atoms with Crippen LogP contribution in [0.3, 0.4) is 0 Å². The van der Waals surface area contributed by atoms with E-state index in [-0.39, 0.29) is 11.8 Å². The van der Waals surface area contributed by atoms with Crippen LogP contribution in [-0.2, 0) is 4.79 Å². The van der Waals surface area contributed by atoms with Crippen LogP contribution in [0.25, 0.3) is 0 Å². The summed E-state index contributed by atoms with van der Waals surface area (Å²) in [6.07, 6.45) is 1.86. The van der Waals surface area contributed by atoms with E-state index in [9.17, 15) is 4.79 Å². The Hall–Kier alpha value is -0.330. The van der Waals surface area contributed by atoms with Gasteiger partial charge in [0.05, 0.1) is 4.47 Å². The summed E-state index contributed by atoms with van der Waals surface area (Å²) in [4.78, 5) is 21.3. The lowest BCUT2D eigenvalue weighted by molar-refractivity contribution is -0.117. The third-order valence-corrected chi connectivity index (χ3v) is 4.21. The fourth-order valence-corrected chi connectivity index (χ4v) is 2.43. The zero-order valence-electron chi connectivity index (χ0n) is 8.23. The second-order valence-electron chi connectivity index (χ2n) is 3.56. The number of hydrogen-bond acceptors (Lipinski definition) is 4. The first-order valence-corrected chi connectivity index (χ1v) is 6.51. The van der Waals surface area contributed by atoms with Crippen molar-refractivity contribution in [3.8, 4) is 0 Å². The molecule has 1 atom stereocenters. The van der Waals surface area contributed by atoms with E-state index in [1.165, 1.54) is 6.33 Å². The largest absolute Gasteiger partial charge is 0.295 e. The van der Waals surface area contributed by atoms with Crippen LogP contribution in [-0.4, -0.2) is 28.2 Å². The number of halogens is 2. The fraction of sp³-hybridized carbons (Fsp3) is 0.444. The highest BCUT2D eigenvalue weighted by Gasteiger charge is 2.32. The van der Waals surface area contributed by atoms with E-state index in [0.29, 0.717) is 34.2 Å². The highest BCUT2D eigenvalue weighted by molar-refractivity contribution is 9.10. The quantitative estimate of drug-likeness (QED) is 0.670. The minimum absolute atomic E-state index is 0.0505. The predicted octanol–water partition coefficient (Wildman–Crippen LogP) is 2.18. The van der Waals surface area contributed by atoms with Gasteiger partial charge in [0.2, 0.25) is 5.91 Å². The molecule has 1 aromatic rings. The Labute approximate surface area is 112 Å². The molecule has 0 bridgehead atoms. The average molecular weight is 323 g/mol. The van der Waals surface area contributed by atoms with Crippen molar-refractivity contribution in [3.63, 3.8) is 0 Å². The average Bonchev–Trinajstić information content (AvgIpc) is 2.64. The summed E-state index contributed by atoms with van der Waals surface area (Å²) in [5.74, 6) is 1.55. The number of nitrogens with zero attached hydrogens (tertiary/aromatic N) is 3. The number of anilines is 1. The number of thiol groups is 1. The normalized spacial score (nSPS) is 20.6. The molecule has 1 unspecified atom stereocenters. The molecule has 0 aromatic carbocycles. The highest BCUT2D eigenvalue weighted by Crippen LogP contribution is 2.32. The summed E-state index contributed by atoms with van der Waals surface area (Å²) >= 11 is 13.4. The van der Waals surface area contributed by atoms with Crippen molar-refractivity contribution in [1.29, 1.82) is 0 Å². The molecule has 0 saturated carbocycles. The number of aromatic nitrogens is 2. The molecule has 0 spiro atoms. The Bertz CT molecular complexity index is 431. The Kier molecular flexibility index (Phi) is 3.71. The first-order valence-electron chi connectivity index (χ1n) is 4.70. The lowest BCUT2D eigenvalue weighted by Crippen LogP contribution is -2.26. The summed E-state index contributed by atoms with van der Waals surface area (Å²) in [5, 5.41) is 0.312. The van der Waals surface area contributed by atoms with Gasteiger partial charge in [-0.2, -0.15) is 12.6 Å². The van der Waals surface area contributed by atoms with Gasteiger partial charge in [0.15, 0.2) is 5.82 Å².